The standard InChI is InChI=1S/C28H22N6O4/c1-16-22-23(20-10-7-13-37-20)24-26-30-25(17-11-12-19(35-2)21(14-17)36-3)32-33(26)15-29-27(24)38-28(22)34(31-16)18-8-5-4-6-9-18/h4-15,23H,1-3H3. The Hall–Kier alpha value is -5.12. The molecule has 10 nitrogen and oxygen atoms in total. The van der Waals surface area contributed by atoms with Crippen molar-refractivity contribution in [1.82, 2.24) is 29.4 Å². The smallest absolute Gasteiger partial charge is 0.230 e. The third-order valence-electron chi connectivity index (χ3n) is 6.69. The summed E-state index contributed by atoms with van der Waals surface area (Å²) in [6, 6.07) is 19.2. The van der Waals surface area contributed by atoms with Crippen molar-refractivity contribution in [2.24, 2.45) is 0 Å². The SMILES string of the molecule is COc1ccc(-c2nc3c4c(ncn3n2)Oc2c(c(C)nn2-c2ccccc2)C4c2ccco2)cc1OC. The van der Waals surface area contributed by atoms with Crippen LogP contribution < -0.4 is 14.2 Å². The number of furan rings is 1. The van der Waals surface area contributed by atoms with Crippen LogP contribution in [-0.2, 0) is 0 Å². The second-order valence-electron chi connectivity index (χ2n) is 8.84. The molecule has 0 saturated carbocycles. The van der Waals surface area contributed by atoms with E-state index in [0.717, 1.165) is 33.8 Å². The first-order valence-electron chi connectivity index (χ1n) is 12.0. The molecule has 0 saturated heterocycles. The van der Waals surface area contributed by atoms with Gasteiger partial charge in [0.2, 0.25) is 11.8 Å². The van der Waals surface area contributed by atoms with E-state index in [9.17, 15) is 0 Å². The number of methoxy groups -OCH3 is 2. The Morgan fingerprint density at radius 3 is 2.50 bits per heavy atom. The molecule has 7 rings (SSSR count). The second-order valence-corrected chi connectivity index (χ2v) is 8.84. The first kappa shape index (κ1) is 22.1. The summed E-state index contributed by atoms with van der Waals surface area (Å²) in [6.45, 7) is 1.97. The lowest BCUT2D eigenvalue weighted by Gasteiger charge is -2.24. The highest BCUT2D eigenvalue weighted by Crippen LogP contribution is 2.49. The van der Waals surface area contributed by atoms with E-state index in [-0.39, 0.29) is 5.92 Å². The lowest BCUT2D eigenvalue weighted by Crippen LogP contribution is -2.15. The second kappa shape index (κ2) is 8.48. The molecule has 0 radical (unpaired) electrons. The van der Waals surface area contributed by atoms with Crippen LogP contribution in [0.3, 0.4) is 0 Å². The largest absolute Gasteiger partial charge is 0.493 e. The first-order valence-corrected chi connectivity index (χ1v) is 12.0. The number of benzene rings is 2. The van der Waals surface area contributed by atoms with Crippen LogP contribution >= 0.6 is 0 Å². The van der Waals surface area contributed by atoms with Crippen molar-refractivity contribution in [2.45, 2.75) is 12.8 Å². The molecule has 38 heavy (non-hydrogen) atoms. The molecule has 1 aliphatic heterocycles. The average Bonchev–Trinajstić information content (AvgIpc) is 3.71. The van der Waals surface area contributed by atoms with E-state index < -0.39 is 0 Å². The van der Waals surface area contributed by atoms with E-state index in [0.29, 0.717) is 34.7 Å². The number of rotatable bonds is 5. The van der Waals surface area contributed by atoms with Gasteiger partial charge in [-0.2, -0.15) is 5.10 Å². The predicted molar refractivity (Wildman–Crippen MR) is 137 cm³/mol. The fourth-order valence-corrected chi connectivity index (χ4v) is 4.96. The van der Waals surface area contributed by atoms with Gasteiger partial charge in [0.1, 0.15) is 12.1 Å². The van der Waals surface area contributed by atoms with Crippen LogP contribution in [0.25, 0.3) is 22.7 Å². The lowest BCUT2D eigenvalue weighted by molar-refractivity contribution is 0.355. The minimum absolute atomic E-state index is 0.347. The maximum absolute atomic E-state index is 6.43. The van der Waals surface area contributed by atoms with Crippen LogP contribution in [0.4, 0.5) is 0 Å². The van der Waals surface area contributed by atoms with Crippen LogP contribution in [0.1, 0.15) is 28.5 Å². The summed E-state index contributed by atoms with van der Waals surface area (Å²) in [6.07, 6.45) is 3.26. The van der Waals surface area contributed by atoms with Crippen molar-refractivity contribution in [1.29, 1.82) is 0 Å². The van der Waals surface area contributed by atoms with Crippen molar-refractivity contribution in [2.75, 3.05) is 14.2 Å². The minimum Gasteiger partial charge on any atom is -0.493 e. The highest BCUT2D eigenvalue weighted by Gasteiger charge is 2.39. The van der Waals surface area contributed by atoms with Gasteiger partial charge < -0.3 is 18.6 Å². The molecule has 5 heterocycles. The van der Waals surface area contributed by atoms with Crippen molar-refractivity contribution >= 4 is 5.65 Å². The van der Waals surface area contributed by atoms with Crippen molar-refractivity contribution in [3.05, 3.63) is 95.8 Å². The Bertz CT molecular complexity index is 1790. The number of aromatic nitrogens is 6. The Morgan fingerprint density at radius 2 is 1.74 bits per heavy atom. The monoisotopic (exact) mass is 506 g/mol. The number of aryl methyl sites for hydroxylation is 1. The molecular formula is C28H22N6O4. The molecule has 0 bridgehead atoms. The first-order chi connectivity index (χ1) is 18.7. The van der Waals surface area contributed by atoms with Crippen LogP contribution in [-0.4, -0.2) is 43.6 Å². The zero-order chi connectivity index (χ0) is 25.8. The topological polar surface area (TPSA) is 102 Å². The van der Waals surface area contributed by atoms with Gasteiger partial charge in [0, 0.05) is 5.56 Å². The van der Waals surface area contributed by atoms with Crippen LogP contribution in [0.15, 0.2) is 77.7 Å². The van der Waals surface area contributed by atoms with Gasteiger partial charge in [-0.1, -0.05) is 18.2 Å². The zero-order valence-corrected chi connectivity index (χ0v) is 20.8. The fourth-order valence-electron chi connectivity index (χ4n) is 4.96. The van der Waals surface area contributed by atoms with Crippen molar-refractivity contribution in [3.63, 3.8) is 0 Å². The molecule has 0 N–H and O–H groups in total. The van der Waals surface area contributed by atoms with E-state index in [1.54, 1.807) is 36.0 Å². The summed E-state index contributed by atoms with van der Waals surface area (Å²) in [5, 5.41) is 9.54. The van der Waals surface area contributed by atoms with Crippen LogP contribution in [0.5, 0.6) is 23.3 Å². The van der Waals surface area contributed by atoms with E-state index in [1.807, 2.05) is 67.6 Å². The number of para-hydroxylation sites is 1. The molecule has 10 heteroatoms. The van der Waals surface area contributed by atoms with Gasteiger partial charge in [0.05, 0.1) is 48.9 Å². The molecule has 0 spiro atoms. The Balaban J connectivity index is 1.44. The highest BCUT2D eigenvalue weighted by atomic mass is 16.5. The van der Waals surface area contributed by atoms with Crippen molar-refractivity contribution in [3.8, 4) is 40.3 Å². The molecule has 4 aromatic heterocycles. The summed E-state index contributed by atoms with van der Waals surface area (Å²) in [4.78, 5) is 9.55. The molecule has 6 aromatic rings. The Morgan fingerprint density at radius 1 is 0.895 bits per heavy atom. The maximum Gasteiger partial charge on any atom is 0.230 e. The number of fused-ring (bicyclic) bond motifs is 4. The number of hydrogen-bond donors (Lipinski definition) is 0. The van der Waals surface area contributed by atoms with E-state index in [2.05, 4.69) is 4.98 Å². The van der Waals surface area contributed by atoms with Crippen LogP contribution in [0.2, 0.25) is 0 Å². The van der Waals surface area contributed by atoms with Gasteiger partial charge in [0.25, 0.3) is 0 Å². The van der Waals surface area contributed by atoms with Crippen molar-refractivity contribution < 1.29 is 18.6 Å². The molecule has 188 valence electrons. The maximum atomic E-state index is 6.43. The normalized spacial score (nSPS) is 14.1. The third kappa shape index (κ3) is 3.27. The quantitative estimate of drug-likeness (QED) is 0.315. The third-order valence-corrected chi connectivity index (χ3v) is 6.69. The van der Waals surface area contributed by atoms with Gasteiger partial charge in [-0.25, -0.2) is 19.2 Å². The van der Waals surface area contributed by atoms with E-state index >= 15 is 0 Å². The molecule has 1 aliphatic rings. The molecule has 0 fully saturated rings. The van der Waals surface area contributed by atoms with E-state index in [4.69, 9.17) is 33.8 Å². The fraction of sp³-hybridized carbons (Fsp3) is 0.143. The summed E-state index contributed by atoms with van der Waals surface area (Å²) in [7, 11) is 3.20. The molecule has 1 unspecified atom stereocenters. The van der Waals surface area contributed by atoms with Gasteiger partial charge in [0.15, 0.2) is 23.0 Å². The lowest BCUT2D eigenvalue weighted by atomic mass is 9.88. The molecular weight excluding hydrogens is 484 g/mol. The number of nitrogens with zero attached hydrogens (tertiary/aromatic N) is 6. The Kier molecular flexibility index (Phi) is 4.93. The molecule has 0 amide bonds. The number of hydrogen-bond acceptors (Lipinski definition) is 8. The highest BCUT2D eigenvalue weighted by molar-refractivity contribution is 5.69. The van der Waals surface area contributed by atoms with Gasteiger partial charge in [-0.05, 0) is 49.4 Å². The van der Waals surface area contributed by atoms with E-state index in [1.165, 1.54) is 0 Å². The average molecular weight is 507 g/mol. The summed E-state index contributed by atoms with van der Waals surface area (Å²) in [5.74, 6) is 3.14. The summed E-state index contributed by atoms with van der Waals surface area (Å²) < 4.78 is 26.7. The number of ether oxygens (including phenoxy) is 3. The predicted octanol–water partition coefficient (Wildman–Crippen LogP) is 5.18. The Labute approximate surface area is 217 Å². The molecule has 1 atom stereocenters. The molecule has 2 aromatic carbocycles. The van der Waals surface area contributed by atoms with Gasteiger partial charge in [-0.15, -0.1) is 5.10 Å². The zero-order valence-electron chi connectivity index (χ0n) is 20.8. The summed E-state index contributed by atoms with van der Waals surface area (Å²) in [5.41, 5.74) is 4.74. The van der Waals surface area contributed by atoms with Crippen LogP contribution in [0, 0.1) is 6.92 Å². The van der Waals surface area contributed by atoms with Gasteiger partial charge >= 0.3 is 0 Å². The molecule has 0 aliphatic carbocycles. The minimum atomic E-state index is -0.347. The van der Waals surface area contributed by atoms with Gasteiger partial charge in [-0.3, -0.25) is 0 Å². The summed E-state index contributed by atoms with van der Waals surface area (Å²) >= 11 is 0.